The summed E-state index contributed by atoms with van der Waals surface area (Å²) in [6.45, 7) is 0. The molecule has 0 spiro atoms. The van der Waals surface area contributed by atoms with Crippen molar-refractivity contribution >= 4 is 0 Å². The molecule has 0 saturated carbocycles. The normalized spacial score (nSPS) is 10.0. The first-order valence-corrected chi connectivity index (χ1v) is 4.75. The average Bonchev–Trinajstić information content (AvgIpc) is 2.29. The molecule has 2 aromatic rings. The molecule has 1 aromatic heterocycles. The molecule has 0 unspecified atom stereocenters. The smallest absolute Gasteiger partial charge is 0.195 e. The molecule has 3 heteroatoms. The molecular weight excluding hydrogens is 188 g/mol. The van der Waals surface area contributed by atoms with Gasteiger partial charge in [-0.25, -0.2) is 9.55 Å². The number of hydrogen-bond acceptors (Lipinski definition) is 2. The van der Waals surface area contributed by atoms with Crippen LogP contribution < -0.4 is 9.30 Å². The number of hydrogen-bond donors (Lipinski definition) is 0. The molecule has 76 valence electrons. The average molecular weight is 201 g/mol. The van der Waals surface area contributed by atoms with E-state index in [-0.39, 0.29) is 0 Å². The van der Waals surface area contributed by atoms with Crippen LogP contribution in [-0.4, -0.2) is 12.1 Å². The molecule has 1 aromatic carbocycles. The van der Waals surface area contributed by atoms with Crippen LogP contribution in [0.5, 0.6) is 5.75 Å². The highest BCUT2D eigenvalue weighted by Crippen LogP contribution is 2.18. The van der Waals surface area contributed by atoms with Gasteiger partial charge < -0.3 is 4.74 Å². The Balaban J connectivity index is 2.37. The second-order valence-corrected chi connectivity index (χ2v) is 3.34. The lowest BCUT2D eigenvalue weighted by molar-refractivity contribution is -0.671. The Kier molecular flexibility index (Phi) is 2.63. The molecule has 0 N–H and O–H groups in total. The van der Waals surface area contributed by atoms with Crippen molar-refractivity contribution in [2.75, 3.05) is 7.11 Å². The largest absolute Gasteiger partial charge is 0.497 e. The molecule has 2 rings (SSSR count). The zero-order valence-corrected chi connectivity index (χ0v) is 8.84. The Morgan fingerprint density at radius 2 is 1.93 bits per heavy atom. The molecule has 0 saturated heterocycles. The van der Waals surface area contributed by atoms with Crippen LogP contribution in [-0.2, 0) is 7.05 Å². The lowest BCUT2D eigenvalue weighted by atomic mass is 10.1. The van der Waals surface area contributed by atoms with E-state index in [1.54, 1.807) is 13.3 Å². The Morgan fingerprint density at radius 1 is 1.20 bits per heavy atom. The van der Waals surface area contributed by atoms with Gasteiger partial charge in [-0.05, 0) is 24.3 Å². The highest BCUT2D eigenvalue weighted by atomic mass is 16.5. The highest BCUT2D eigenvalue weighted by Gasteiger charge is 2.03. The van der Waals surface area contributed by atoms with Crippen LogP contribution in [0.25, 0.3) is 11.3 Å². The molecule has 15 heavy (non-hydrogen) atoms. The van der Waals surface area contributed by atoms with E-state index in [9.17, 15) is 0 Å². The van der Waals surface area contributed by atoms with Crippen molar-refractivity contribution in [2.45, 2.75) is 0 Å². The summed E-state index contributed by atoms with van der Waals surface area (Å²) in [5, 5.41) is 0. The number of aryl methyl sites for hydroxylation is 1. The Morgan fingerprint density at radius 3 is 2.53 bits per heavy atom. The molecule has 0 aliphatic carbocycles. The van der Waals surface area contributed by atoms with Gasteiger partial charge in [0.15, 0.2) is 12.4 Å². The summed E-state index contributed by atoms with van der Waals surface area (Å²) in [6, 6.07) is 7.87. The van der Waals surface area contributed by atoms with Gasteiger partial charge in [0, 0.05) is 5.56 Å². The van der Waals surface area contributed by atoms with Crippen LogP contribution in [0.2, 0.25) is 0 Å². The molecule has 0 bridgehead atoms. The predicted molar refractivity (Wildman–Crippen MR) is 57.4 cm³/mol. The maximum Gasteiger partial charge on any atom is 0.195 e. The van der Waals surface area contributed by atoms with Gasteiger partial charge in [0.05, 0.1) is 13.3 Å². The molecule has 0 amide bonds. The third kappa shape index (κ3) is 2.13. The van der Waals surface area contributed by atoms with E-state index in [2.05, 4.69) is 4.98 Å². The molecule has 0 atom stereocenters. The first-order chi connectivity index (χ1) is 7.29. The number of ether oxygens (including phenoxy) is 1. The van der Waals surface area contributed by atoms with E-state index in [0.717, 1.165) is 17.0 Å². The fraction of sp³-hybridized carbons (Fsp3) is 0.167. The van der Waals surface area contributed by atoms with Crippen molar-refractivity contribution in [1.82, 2.24) is 4.98 Å². The molecular formula is C12H13N2O+. The number of methoxy groups -OCH3 is 1. The first-order valence-electron chi connectivity index (χ1n) is 4.75. The van der Waals surface area contributed by atoms with E-state index in [1.165, 1.54) is 0 Å². The Bertz CT molecular complexity index is 451. The standard InChI is InChI=1S/C12H13N2O/c1-14-8-7-13-12(9-14)10-3-5-11(15-2)6-4-10/h3-9H,1-2H3/q+1. The number of nitrogens with zero attached hydrogens (tertiary/aromatic N) is 2. The van der Waals surface area contributed by atoms with Gasteiger partial charge in [0.2, 0.25) is 0 Å². The molecule has 0 fully saturated rings. The van der Waals surface area contributed by atoms with Gasteiger partial charge in [-0.15, -0.1) is 0 Å². The summed E-state index contributed by atoms with van der Waals surface area (Å²) in [4.78, 5) is 4.30. The Hall–Kier alpha value is -1.90. The van der Waals surface area contributed by atoms with Crippen molar-refractivity contribution in [3.8, 4) is 17.0 Å². The summed E-state index contributed by atoms with van der Waals surface area (Å²) in [5.74, 6) is 0.860. The summed E-state index contributed by atoms with van der Waals surface area (Å²) in [5.41, 5.74) is 2.05. The van der Waals surface area contributed by atoms with Crippen LogP contribution in [0.3, 0.4) is 0 Å². The van der Waals surface area contributed by atoms with Crippen molar-refractivity contribution < 1.29 is 9.30 Å². The van der Waals surface area contributed by atoms with E-state index in [4.69, 9.17) is 4.74 Å². The molecule has 0 aliphatic heterocycles. The summed E-state index contributed by atoms with van der Waals surface area (Å²) in [6.07, 6.45) is 5.69. The second kappa shape index (κ2) is 4.09. The van der Waals surface area contributed by atoms with Gasteiger partial charge in [-0.3, -0.25) is 0 Å². The van der Waals surface area contributed by atoms with Crippen molar-refractivity contribution in [3.05, 3.63) is 42.9 Å². The zero-order chi connectivity index (χ0) is 10.7. The topological polar surface area (TPSA) is 26.0 Å². The maximum absolute atomic E-state index is 5.10. The second-order valence-electron chi connectivity index (χ2n) is 3.34. The van der Waals surface area contributed by atoms with Crippen LogP contribution in [0.4, 0.5) is 0 Å². The number of aromatic nitrogens is 2. The fourth-order valence-corrected chi connectivity index (χ4v) is 1.40. The summed E-state index contributed by atoms with van der Waals surface area (Å²) >= 11 is 0. The predicted octanol–water partition coefficient (Wildman–Crippen LogP) is 1.58. The van der Waals surface area contributed by atoms with E-state index >= 15 is 0 Å². The highest BCUT2D eigenvalue weighted by molar-refractivity contribution is 5.58. The molecule has 0 aliphatic rings. The van der Waals surface area contributed by atoms with Gasteiger partial charge in [-0.1, -0.05) is 0 Å². The van der Waals surface area contributed by atoms with Gasteiger partial charge in [0.25, 0.3) is 0 Å². The van der Waals surface area contributed by atoms with Crippen molar-refractivity contribution in [1.29, 1.82) is 0 Å². The van der Waals surface area contributed by atoms with Gasteiger partial charge in [-0.2, -0.15) is 0 Å². The lowest BCUT2D eigenvalue weighted by Gasteiger charge is -2.01. The minimum Gasteiger partial charge on any atom is -0.497 e. The van der Waals surface area contributed by atoms with E-state index in [1.807, 2.05) is 48.3 Å². The number of rotatable bonds is 2. The fourth-order valence-electron chi connectivity index (χ4n) is 1.40. The summed E-state index contributed by atoms with van der Waals surface area (Å²) < 4.78 is 7.08. The minimum absolute atomic E-state index is 0.860. The van der Waals surface area contributed by atoms with E-state index in [0.29, 0.717) is 0 Å². The quantitative estimate of drug-likeness (QED) is 0.689. The SMILES string of the molecule is COc1ccc(-c2c[n+](C)ccn2)cc1. The van der Waals surface area contributed by atoms with Crippen LogP contribution in [0.1, 0.15) is 0 Å². The third-order valence-electron chi connectivity index (χ3n) is 2.23. The maximum atomic E-state index is 5.10. The van der Waals surface area contributed by atoms with Crippen LogP contribution >= 0.6 is 0 Å². The Labute approximate surface area is 89.0 Å². The van der Waals surface area contributed by atoms with Gasteiger partial charge in [0.1, 0.15) is 18.5 Å². The lowest BCUT2D eigenvalue weighted by Crippen LogP contribution is -2.26. The third-order valence-corrected chi connectivity index (χ3v) is 2.23. The van der Waals surface area contributed by atoms with Crippen molar-refractivity contribution in [3.63, 3.8) is 0 Å². The molecule has 1 heterocycles. The van der Waals surface area contributed by atoms with Crippen LogP contribution in [0, 0.1) is 0 Å². The van der Waals surface area contributed by atoms with Gasteiger partial charge >= 0.3 is 0 Å². The molecule has 0 radical (unpaired) electrons. The number of benzene rings is 1. The van der Waals surface area contributed by atoms with E-state index < -0.39 is 0 Å². The summed E-state index contributed by atoms with van der Waals surface area (Å²) in [7, 11) is 3.64. The monoisotopic (exact) mass is 201 g/mol. The van der Waals surface area contributed by atoms with Crippen LogP contribution in [0.15, 0.2) is 42.9 Å². The first kappa shape index (κ1) is 9.65. The van der Waals surface area contributed by atoms with Crippen molar-refractivity contribution in [2.24, 2.45) is 7.05 Å². The minimum atomic E-state index is 0.860. The zero-order valence-electron chi connectivity index (χ0n) is 8.84. The molecule has 3 nitrogen and oxygen atoms in total.